The number of nitrogens with one attached hydrogen (secondary N) is 2. The lowest BCUT2D eigenvalue weighted by Gasteiger charge is -2.19. The molecule has 0 fully saturated rings. The van der Waals surface area contributed by atoms with Crippen molar-refractivity contribution in [1.29, 1.82) is 0 Å². The third kappa shape index (κ3) is 4.06. The molecule has 0 bridgehead atoms. The summed E-state index contributed by atoms with van der Waals surface area (Å²) >= 11 is 0. The number of ether oxygens (including phenoxy) is 1. The molecule has 1 aliphatic heterocycles. The summed E-state index contributed by atoms with van der Waals surface area (Å²) in [5.74, 6) is -0.313. The van der Waals surface area contributed by atoms with Gasteiger partial charge in [0.2, 0.25) is 11.8 Å². The van der Waals surface area contributed by atoms with Crippen LogP contribution < -0.4 is 15.4 Å². The molecule has 3 amide bonds. The molecule has 8 nitrogen and oxygen atoms in total. The molecule has 0 atom stereocenters. The van der Waals surface area contributed by atoms with Crippen LogP contribution in [0.2, 0.25) is 0 Å². The molecule has 0 aromatic heterocycles. The summed E-state index contributed by atoms with van der Waals surface area (Å²) in [5, 5.41) is 10.4. The fourth-order valence-electron chi connectivity index (χ4n) is 2.11. The zero-order valence-corrected chi connectivity index (χ0v) is 13.2. The first-order valence-corrected chi connectivity index (χ1v) is 7.01. The Morgan fingerprint density at radius 3 is 2.61 bits per heavy atom. The van der Waals surface area contributed by atoms with E-state index in [2.05, 4.69) is 15.7 Å². The molecule has 1 aromatic rings. The summed E-state index contributed by atoms with van der Waals surface area (Å²) in [6, 6.07) is 4.90. The lowest BCUT2D eigenvalue weighted by molar-refractivity contribution is -0.130. The molecule has 1 aromatic carbocycles. The summed E-state index contributed by atoms with van der Waals surface area (Å²) in [5.41, 5.74) is 1.21. The van der Waals surface area contributed by atoms with Crippen LogP contribution in [0.5, 0.6) is 5.75 Å². The molecule has 2 N–H and O–H groups in total. The molecule has 122 valence electrons. The van der Waals surface area contributed by atoms with E-state index in [0.717, 1.165) is 5.01 Å². The first-order valence-electron chi connectivity index (χ1n) is 7.01. The van der Waals surface area contributed by atoms with Gasteiger partial charge in [-0.2, -0.15) is 5.10 Å². The summed E-state index contributed by atoms with van der Waals surface area (Å²) in [7, 11) is 2.99. The highest BCUT2D eigenvalue weighted by atomic mass is 16.5. The van der Waals surface area contributed by atoms with Gasteiger partial charge in [-0.3, -0.25) is 14.4 Å². The normalized spacial score (nSPS) is 14.1. The number of nitrogens with zero attached hydrogens (tertiary/aromatic N) is 2. The van der Waals surface area contributed by atoms with Gasteiger partial charge in [0.15, 0.2) is 0 Å². The zero-order chi connectivity index (χ0) is 17.0. The predicted molar refractivity (Wildman–Crippen MR) is 85.4 cm³/mol. The summed E-state index contributed by atoms with van der Waals surface area (Å²) in [6.07, 6.45) is 0.522. The second-order valence-electron chi connectivity index (χ2n) is 5.01. The van der Waals surface area contributed by atoms with Gasteiger partial charge in [-0.25, -0.2) is 5.01 Å². The minimum Gasteiger partial charge on any atom is -0.495 e. The van der Waals surface area contributed by atoms with Gasteiger partial charge in [-0.15, -0.1) is 0 Å². The molecule has 23 heavy (non-hydrogen) atoms. The lowest BCUT2D eigenvalue weighted by atomic mass is 10.1. The average molecular weight is 318 g/mol. The number of hydrogen-bond donors (Lipinski definition) is 2. The van der Waals surface area contributed by atoms with E-state index in [-0.39, 0.29) is 30.4 Å². The van der Waals surface area contributed by atoms with Crippen LogP contribution in [0.1, 0.15) is 19.8 Å². The second kappa shape index (κ2) is 6.91. The number of benzene rings is 1. The van der Waals surface area contributed by atoms with E-state index in [4.69, 9.17) is 4.74 Å². The topological polar surface area (TPSA) is 100 Å². The molecular formula is C15H18N4O4. The zero-order valence-electron chi connectivity index (χ0n) is 13.2. The van der Waals surface area contributed by atoms with E-state index < -0.39 is 5.91 Å². The van der Waals surface area contributed by atoms with Gasteiger partial charge in [0.1, 0.15) is 11.5 Å². The maximum absolute atomic E-state index is 12.3. The van der Waals surface area contributed by atoms with Crippen LogP contribution in [-0.4, -0.2) is 42.6 Å². The summed E-state index contributed by atoms with van der Waals surface area (Å²) in [4.78, 5) is 34.8. The molecule has 0 saturated heterocycles. The van der Waals surface area contributed by atoms with Crippen molar-refractivity contribution in [2.45, 2.75) is 19.8 Å². The van der Waals surface area contributed by atoms with Crippen LogP contribution in [0.15, 0.2) is 23.3 Å². The largest absolute Gasteiger partial charge is 0.495 e. The summed E-state index contributed by atoms with van der Waals surface area (Å²) < 4.78 is 5.20. The molecular weight excluding hydrogens is 300 g/mol. The highest BCUT2D eigenvalue weighted by Crippen LogP contribution is 2.28. The van der Waals surface area contributed by atoms with Crippen LogP contribution >= 0.6 is 0 Å². The molecule has 0 unspecified atom stereocenters. The van der Waals surface area contributed by atoms with Crippen LogP contribution in [0.25, 0.3) is 0 Å². The van der Waals surface area contributed by atoms with E-state index >= 15 is 0 Å². The number of hydrazone groups is 1. The molecule has 0 radical (unpaired) electrons. The Morgan fingerprint density at radius 1 is 1.26 bits per heavy atom. The van der Waals surface area contributed by atoms with Crippen molar-refractivity contribution in [2.75, 3.05) is 24.8 Å². The first-order chi connectivity index (χ1) is 10.9. The average Bonchev–Trinajstić information content (AvgIpc) is 2.49. The standard InChI is InChI=1S/C15H18N4O4/c1-9(20)16-10-4-6-13(23-3)12(8-10)17-15(22)11-5-7-14(21)19(2)18-11/h4,6,8H,5,7H2,1-3H3,(H,16,20)(H,17,22). The molecule has 8 heteroatoms. The Balaban J connectivity index is 2.21. The number of amides is 3. The van der Waals surface area contributed by atoms with Crippen LogP contribution in [-0.2, 0) is 14.4 Å². The van der Waals surface area contributed by atoms with Crippen molar-refractivity contribution in [1.82, 2.24) is 5.01 Å². The van der Waals surface area contributed by atoms with Gasteiger partial charge in [-0.05, 0) is 18.2 Å². The molecule has 1 heterocycles. The van der Waals surface area contributed by atoms with E-state index in [1.54, 1.807) is 18.2 Å². The molecule has 0 saturated carbocycles. The second-order valence-corrected chi connectivity index (χ2v) is 5.01. The third-order valence-corrected chi connectivity index (χ3v) is 3.24. The number of hydrogen-bond acceptors (Lipinski definition) is 5. The van der Waals surface area contributed by atoms with Gasteiger partial charge in [0.25, 0.3) is 5.91 Å². The van der Waals surface area contributed by atoms with Gasteiger partial charge in [0, 0.05) is 32.5 Å². The van der Waals surface area contributed by atoms with Gasteiger partial charge >= 0.3 is 0 Å². The third-order valence-electron chi connectivity index (χ3n) is 3.24. The fraction of sp³-hybridized carbons (Fsp3) is 0.333. The number of rotatable bonds is 4. The molecule has 2 rings (SSSR count). The Bertz CT molecular complexity index is 684. The summed E-state index contributed by atoms with van der Waals surface area (Å²) in [6.45, 7) is 1.39. The van der Waals surface area contributed by atoms with E-state index in [1.165, 1.54) is 21.1 Å². The Labute approximate surface area is 133 Å². The smallest absolute Gasteiger partial charge is 0.271 e. The van der Waals surface area contributed by atoms with Crippen molar-refractivity contribution in [3.63, 3.8) is 0 Å². The molecule has 0 aliphatic carbocycles. The number of carbonyl (C=O) groups excluding carboxylic acids is 3. The number of anilines is 2. The van der Waals surface area contributed by atoms with Gasteiger partial charge in [0.05, 0.1) is 12.8 Å². The monoisotopic (exact) mass is 318 g/mol. The van der Waals surface area contributed by atoms with Gasteiger partial charge in [-0.1, -0.05) is 0 Å². The van der Waals surface area contributed by atoms with Crippen molar-refractivity contribution in [3.05, 3.63) is 18.2 Å². The Kier molecular flexibility index (Phi) is 4.95. The Hall–Kier alpha value is -2.90. The van der Waals surface area contributed by atoms with Crippen LogP contribution in [0.3, 0.4) is 0 Å². The van der Waals surface area contributed by atoms with Crippen molar-refractivity contribution in [2.24, 2.45) is 5.10 Å². The lowest BCUT2D eigenvalue weighted by Crippen LogP contribution is -2.34. The Morgan fingerprint density at radius 2 is 2.00 bits per heavy atom. The fourth-order valence-corrected chi connectivity index (χ4v) is 2.11. The minimum absolute atomic E-state index is 0.133. The molecule has 1 aliphatic rings. The van der Waals surface area contributed by atoms with Crippen molar-refractivity contribution in [3.8, 4) is 5.75 Å². The van der Waals surface area contributed by atoms with E-state index in [0.29, 0.717) is 17.1 Å². The van der Waals surface area contributed by atoms with E-state index in [9.17, 15) is 14.4 Å². The van der Waals surface area contributed by atoms with E-state index in [1.807, 2.05) is 0 Å². The van der Waals surface area contributed by atoms with Crippen LogP contribution in [0, 0.1) is 0 Å². The predicted octanol–water partition coefficient (Wildman–Crippen LogP) is 1.20. The maximum Gasteiger partial charge on any atom is 0.271 e. The first kappa shape index (κ1) is 16.5. The quantitative estimate of drug-likeness (QED) is 0.871. The van der Waals surface area contributed by atoms with Crippen molar-refractivity contribution < 1.29 is 19.1 Å². The van der Waals surface area contributed by atoms with Gasteiger partial charge < -0.3 is 15.4 Å². The highest BCUT2D eigenvalue weighted by molar-refractivity contribution is 6.43. The number of carbonyl (C=O) groups is 3. The SMILES string of the molecule is COc1ccc(NC(C)=O)cc1NC(=O)C1=NN(C)C(=O)CC1. The highest BCUT2D eigenvalue weighted by Gasteiger charge is 2.22. The molecule has 0 spiro atoms. The number of methoxy groups -OCH3 is 1. The maximum atomic E-state index is 12.3. The van der Waals surface area contributed by atoms with Crippen LogP contribution in [0.4, 0.5) is 11.4 Å². The van der Waals surface area contributed by atoms with Crippen molar-refractivity contribution >= 4 is 34.8 Å². The minimum atomic E-state index is -0.414.